The average Bonchev–Trinajstić information content (AvgIpc) is 2.62. The van der Waals surface area contributed by atoms with E-state index in [1.807, 2.05) is 0 Å². The van der Waals surface area contributed by atoms with E-state index in [0.717, 1.165) is 25.2 Å². The van der Waals surface area contributed by atoms with Crippen LogP contribution < -0.4 is 0 Å². The molecule has 2 unspecified atom stereocenters. The van der Waals surface area contributed by atoms with Crippen LogP contribution in [0.3, 0.4) is 0 Å². The Labute approximate surface area is 115 Å². The van der Waals surface area contributed by atoms with Crippen molar-refractivity contribution in [2.75, 3.05) is 0 Å². The summed E-state index contributed by atoms with van der Waals surface area (Å²) < 4.78 is 49.2. The molecule has 4 nitrogen and oxygen atoms in total. The Morgan fingerprint density at radius 3 is 2.15 bits per heavy atom. The molecular formula is C12H13F3N2O2S. The van der Waals surface area contributed by atoms with Crippen LogP contribution in [0.1, 0.15) is 37.1 Å². The van der Waals surface area contributed by atoms with Crippen LogP contribution in [0, 0.1) is 0 Å². The number of rotatable bonds is 1. The standard InChI is InChI=1S/C12H13F3N2O2S/c13-12(14,15)10-16-5-7(6-17-10)11(18)3-8-1-2-9(4-11)20(8)19/h5-6,8-9,18H,1-4H2. The molecule has 3 heterocycles. The minimum atomic E-state index is -4.59. The van der Waals surface area contributed by atoms with E-state index < -0.39 is 28.4 Å². The summed E-state index contributed by atoms with van der Waals surface area (Å²) in [4.78, 5) is 6.58. The first-order valence-electron chi connectivity index (χ1n) is 6.31. The number of alkyl halides is 3. The normalized spacial score (nSPS) is 37.1. The fraction of sp³-hybridized carbons (Fsp3) is 0.667. The maximum absolute atomic E-state index is 12.4. The van der Waals surface area contributed by atoms with Gasteiger partial charge in [0.1, 0.15) is 0 Å². The van der Waals surface area contributed by atoms with Gasteiger partial charge in [-0.05, 0) is 25.7 Å². The molecular weight excluding hydrogens is 293 g/mol. The molecule has 3 rings (SSSR count). The van der Waals surface area contributed by atoms with Crippen molar-refractivity contribution in [3.8, 4) is 0 Å². The lowest BCUT2D eigenvalue weighted by Crippen LogP contribution is -2.40. The van der Waals surface area contributed by atoms with Crippen molar-refractivity contribution in [1.29, 1.82) is 0 Å². The lowest BCUT2D eigenvalue weighted by molar-refractivity contribution is -0.145. The summed E-state index contributed by atoms with van der Waals surface area (Å²) in [5.41, 5.74) is -0.983. The summed E-state index contributed by atoms with van der Waals surface area (Å²) in [5, 5.41) is 10.5. The van der Waals surface area contributed by atoms with E-state index >= 15 is 0 Å². The van der Waals surface area contributed by atoms with Crippen LogP contribution in [0.25, 0.3) is 0 Å². The minimum Gasteiger partial charge on any atom is -0.385 e. The first-order valence-corrected chi connectivity index (χ1v) is 7.59. The molecule has 110 valence electrons. The molecule has 1 N–H and O–H groups in total. The smallest absolute Gasteiger partial charge is 0.385 e. The topological polar surface area (TPSA) is 63.1 Å². The zero-order valence-electron chi connectivity index (χ0n) is 10.4. The van der Waals surface area contributed by atoms with E-state index in [1.54, 1.807) is 0 Å². The monoisotopic (exact) mass is 306 g/mol. The maximum atomic E-state index is 12.4. The third-order valence-electron chi connectivity index (χ3n) is 4.04. The van der Waals surface area contributed by atoms with Crippen molar-refractivity contribution in [2.45, 2.75) is 48.0 Å². The van der Waals surface area contributed by atoms with Gasteiger partial charge in [0, 0.05) is 39.3 Å². The summed E-state index contributed by atoms with van der Waals surface area (Å²) in [5.74, 6) is -1.22. The van der Waals surface area contributed by atoms with Crippen LogP contribution in [0.4, 0.5) is 13.2 Å². The van der Waals surface area contributed by atoms with E-state index in [4.69, 9.17) is 0 Å². The van der Waals surface area contributed by atoms with Crippen LogP contribution >= 0.6 is 0 Å². The number of fused-ring (bicyclic) bond motifs is 2. The van der Waals surface area contributed by atoms with Gasteiger partial charge in [0.05, 0.1) is 5.60 Å². The Morgan fingerprint density at radius 2 is 1.70 bits per heavy atom. The third kappa shape index (κ3) is 2.24. The van der Waals surface area contributed by atoms with Crippen LogP contribution in [0.2, 0.25) is 0 Å². The van der Waals surface area contributed by atoms with Gasteiger partial charge in [0.2, 0.25) is 5.82 Å². The SMILES string of the molecule is O=S1C2CCC1CC(O)(c1cnc(C(F)(F)F)nc1)C2. The molecule has 0 saturated carbocycles. The molecule has 0 aliphatic carbocycles. The van der Waals surface area contributed by atoms with Gasteiger partial charge < -0.3 is 5.11 Å². The Balaban J connectivity index is 1.88. The van der Waals surface area contributed by atoms with Gasteiger partial charge >= 0.3 is 6.18 Å². The Kier molecular flexibility index (Phi) is 3.13. The highest BCUT2D eigenvalue weighted by atomic mass is 32.2. The van der Waals surface area contributed by atoms with Crippen LogP contribution in [-0.2, 0) is 22.6 Å². The molecule has 0 aromatic carbocycles. The van der Waals surface area contributed by atoms with Gasteiger partial charge in [-0.15, -0.1) is 0 Å². The fourth-order valence-corrected chi connectivity index (χ4v) is 5.19. The average molecular weight is 306 g/mol. The molecule has 1 aromatic heterocycles. The van der Waals surface area contributed by atoms with Gasteiger partial charge in [0.25, 0.3) is 0 Å². The van der Waals surface area contributed by atoms with Crippen LogP contribution in [0.5, 0.6) is 0 Å². The molecule has 2 aliphatic heterocycles. The highest BCUT2D eigenvalue weighted by Gasteiger charge is 2.49. The molecule has 2 fully saturated rings. The second-order valence-electron chi connectivity index (χ2n) is 5.38. The number of halogens is 3. The molecule has 2 bridgehead atoms. The van der Waals surface area contributed by atoms with Crippen molar-refractivity contribution in [1.82, 2.24) is 9.97 Å². The number of nitrogens with zero attached hydrogens (tertiary/aromatic N) is 2. The molecule has 2 atom stereocenters. The van der Waals surface area contributed by atoms with Crippen LogP contribution in [0.15, 0.2) is 12.4 Å². The number of hydrogen-bond acceptors (Lipinski definition) is 4. The summed E-state index contributed by atoms with van der Waals surface area (Å²) in [6, 6.07) is 0. The molecule has 0 amide bonds. The van der Waals surface area contributed by atoms with Gasteiger partial charge in [-0.3, -0.25) is 4.21 Å². The number of hydrogen-bond donors (Lipinski definition) is 1. The summed E-state index contributed by atoms with van der Waals surface area (Å²) >= 11 is 0. The summed E-state index contributed by atoms with van der Waals surface area (Å²) in [7, 11) is -0.938. The Bertz CT molecular complexity index is 531. The lowest BCUT2D eigenvalue weighted by Gasteiger charge is -2.35. The first kappa shape index (κ1) is 13.9. The molecule has 2 saturated heterocycles. The molecule has 1 aromatic rings. The van der Waals surface area contributed by atoms with E-state index in [1.165, 1.54) is 0 Å². The van der Waals surface area contributed by atoms with Gasteiger partial charge in [-0.1, -0.05) is 0 Å². The largest absolute Gasteiger partial charge is 0.451 e. The highest BCUT2D eigenvalue weighted by Crippen LogP contribution is 2.45. The fourth-order valence-electron chi connectivity index (χ4n) is 3.03. The van der Waals surface area contributed by atoms with E-state index in [9.17, 15) is 22.5 Å². The Morgan fingerprint density at radius 1 is 1.20 bits per heavy atom. The quantitative estimate of drug-likeness (QED) is 0.859. The molecule has 8 heteroatoms. The Hall–Kier alpha value is -1.02. The number of aliphatic hydroxyl groups is 1. The predicted octanol–water partition coefficient (Wildman–Crippen LogP) is 1.76. The van der Waals surface area contributed by atoms with Crippen molar-refractivity contribution in [2.24, 2.45) is 0 Å². The van der Waals surface area contributed by atoms with Crippen molar-refractivity contribution in [3.05, 3.63) is 23.8 Å². The number of aromatic nitrogens is 2. The molecule has 2 aliphatic rings. The zero-order valence-corrected chi connectivity index (χ0v) is 11.2. The van der Waals surface area contributed by atoms with E-state index in [2.05, 4.69) is 9.97 Å². The maximum Gasteiger partial charge on any atom is 0.451 e. The first-order chi connectivity index (χ1) is 9.29. The molecule has 0 spiro atoms. The van der Waals surface area contributed by atoms with E-state index in [0.29, 0.717) is 12.8 Å². The molecule has 20 heavy (non-hydrogen) atoms. The van der Waals surface area contributed by atoms with Crippen molar-refractivity contribution in [3.63, 3.8) is 0 Å². The second-order valence-corrected chi connectivity index (χ2v) is 7.37. The predicted molar refractivity (Wildman–Crippen MR) is 65.1 cm³/mol. The summed E-state index contributed by atoms with van der Waals surface area (Å²) in [6.07, 6.45) is -0.348. The van der Waals surface area contributed by atoms with Crippen molar-refractivity contribution >= 4 is 10.8 Å². The lowest BCUT2D eigenvalue weighted by atomic mass is 9.88. The van der Waals surface area contributed by atoms with Crippen LogP contribution in [-0.4, -0.2) is 29.8 Å². The third-order valence-corrected chi connectivity index (χ3v) is 6.16. The van der Waals surface area contributed by atoms with Gasteiger partial charge in [-0.25, -0.2) is 9.97 Å². The highest BCUT2D eigenvalue weighted by molar-refractivity contribution is 7.86. The van der Waals surface area contributed by atoms with Gasteiger partial charge in [-0.2, -0.15) is 13.2 Å². The molecule has 0 radical (unpaired) electrons. The zero-order chi connectivity index (χ0) is 14.5. The second kappa shape index (κ2) is 4.49. The van der Waals surface area contributed by atoms with E-state index in [-0.39, 0.29) is 16.1 Å². The minimum absolute atomic E-state index is 0.0824. The van der Waals surface area contributed by atoms with Gasteiger partial charge in [0.15, 0.2) is 0 Å². The summed E-state index contributed by atoms with van der Waals surface area (Å²) in [6.45, 7) is 0. The van der Waals surface area contributed by atoms with Crippen molar-refractivity contribution < 1.29 is 22.5 Å².